The maximum absolute atomic E-state index is 10.8. The van der Waals surface area contributed by atoms with Gasteiger partial charge in [-0.05, 0) is 19.1 Å². The van der Waals surface area contributed by atoms with Crippen LogP contribution in [-0.4, -0.2) is 10.9 Å². The lowest BCUT2D eigenvalue weighted by Gasteiger charge is -1.95. The molecule has 1 aromatic carbocycles. The molecule has 0 bridgehead atoms. The Hall–Kier alpha value is -2.16. The van der Waals surface area contributed by atoms with Crippen molar-refractivity contribution in [3.8, 4) is 11.3 Å². The molecule has 0 unspecified atom stereocenters. The first kappa shape index (κ1) is 10.4. The van der Waals surface area contributed by atoms with E-state index in [1.807, 2.05) is 30.3 Å². The van der Waals surface area contributed by atoms with Crippen molar-refractivity contribution in [3.63, 3.8) is 0 Å². The Kier molecular flexibility index (Phi) is 2.96. The van der Waals surface area contributed by atoms with E-state index in [2.05, 4.69) is 5.16 Å². The van der Waals surface area contributed by atoms with Gasteiger partial charge in [-0.1, -0.05) is 35.5 Å². The van der Waals surface area contributed by atoms with Crippen molar-refractivity contribution in [2.75, 3.05) is 0 Å². The SMILES string of the molecule is CC(=O)/C=C/c1conc1-c1ccccc1. The summed E-state index contributed by atoms with van der Waals surface area (Å²) >= 11 is 0. The normalized spacial score (nSPS) is 10.8. The van der Waals surface area contributed by atoms with Gasteiger partial charge >= 0.3 is 0 Å². The van der Waals surface area contributed by atoms with Crippen LogP contribution in [0.3, 0.4) is 0 Å². The van der Waals surface area contributed by atoms with E-state index in [-0.39, 0.29) is 5.78 Å². The number of hydrogen-bond donors (Lipinski definition) is 0. The van der Waals surface area contributed by atoms with Crippen LogP contribution < -0.4 is 0 Å². The average molecular weight is 213 g/mol. The third-order valence-corrected chi connectivity index (χ3v) is 2.14. The van der Waals surface area contributed by atoms with Gasteiger partial charge in [-0.25, -0.2) is 0 Å². The highest BCUT2D eigenvalue weighted by Gasteiger charge is 2.06. The summed E-state index contributed by atoms with van der Waals surface area (Å²) in [5.74, 6) is 0.000196. The van der Waals surface area contributed by atoms with Gasteiger partial charge in [0.2, 0.25) is 0 Å². The topological polar surface area (TPSA) is 43.1 Å². The molecule has 0 saturated carbocycles. The van der Waals surface area contributed by atoms with Crippen LogP contribution in [0.1, 0.15) is 12.5 Å². The second kappa shape index (κ2) is 4.57. The van der Waals surface area contributed by atoms with E-state index in [1.165, 1.54) is 19.3 Å². The molecule has 3 nitrogen and oxygen atoms in total. The molecule has 3 heteroatoms. The summed E-state index contributed by atoms with van der Waals surface area (Å²) in [7, 11) is 0. The summed E-state index contributed by atoms with van der Waals surface area (Å²) in [6.07, 6.45) is 4.74. The van der Waals surface area contributed by atoms with Crippen LogP contribution >= 0.6 is 0 Å². The lowest BCUT2D eigenvalue weighted by molar-refractivity contribution is -0.112. The Morgan fingerprint density at radius 2 is 2.06 bits per heavy atom. The molecule has 80 valence electrons. The molecule has 2 rings (SSSR count). The summed E-state index contributed by atoms with van der Waals surface area (Å²) in [4.78, 5) is 10.8. The summed E-state index contributed by atoms with van der Waals surface area (Å²) in [6.45, 7) is 1.51. The lowest BCUT2D eigenvalue weighted by atomic mass is 10.1. The van der Waals surface area contributed by atoms with E-state index in [0.717, 1.165) is 16.8 Å². The molecular weight excluding hydrogens is 202 g/mol. The third-order valence-electron chi connectivity index (χ3n) is 2.14. The van der Waals surface area contributed by atoms with Crippen molar-refractivity contribution in [2.24, 2.45) is 0 Å². The monoisotopic (exact) mass is 213 g/mol. The van der Waals surface area contributed by atoms with Gasteiger partial charge < -0.3 is 4.52 Å². The molecule has 0 spiro atoms. The van der Waals surface area contributed by atoms with Gasteiger partial charge in [0.25, 0.3) is 0 Å². The van der Waals surface area contributed by atoms with Crippen molar-refractivity contribution in [3.05, 3.63) is 48.2 Å². The number of allylic oxidation sites excluding steroid dienone is 1. The number of nitrogens with zero attached hydrogens (tertiary/aromatic N) is 1. The van der Waals surface area contributed by atoms with Crippen LogP contribution in [0.15, 0.2) is 47.2 Å². The number of benzene rings is 1. The van der Waals surface area contributed by atoms with Gasteiger partial charge in [0, 0.05) is 11.1 Å². The van der Waals surface area contributed by atoms with E-state index in [4.69, 9.17) is 4.52 Å². The number of ketones is 1. The quantitative estimate of drug-likeness (QED) is 0.736. The van der Waals surface area contributed by atoms with Crippen molar-refractivity contribution in [2.45, 2.75) is 6.92 Å². The van der Waals surface area contributed by atoms with Gasteiger partial charge in [-0.3, -0.25) is 4.79 Å². The Bertz CT molecular complexity index is 512. The summed E-state index contributed by atoms with van der Waals surface area (Å²) < 4.78 is 4.92. The largest absolute Gasteiger partial charge is 0.363 e. The molecule has 1 aromatic heterocycles. The van der Waals surface area contributed by atoms with Crippen molar-refractivity contribution < 1.29 is 9.32 Å². The summed E-state index contributed by atoms with van der Waals surface area (Å²) in [5.41, 5.74) is 2.53. The number of aromatic nitrogens is 1. The van der Waals surface area contributed by atoms with Crippen LogP contribution in [-0.2, 0) is 4.79 Å². The van der Waals surface area contributed by atoms with Gasteiger partial charge in [-0.15, -0.1) is 0 Å². The summed E-state index contributed by atoms with van der Waals surface area (Å²) in [5, 5.41) is 3.93. The molecule has 2 aromatic rings. The Morgan fingerprint density at radius 3 is 2.75 bits per heavy atom. The Balaban J connectivity index is 2.37. The highest BCUT2D eigenvalue weighted by Crippen LogP contribution is 2.22. The smallest absolute Gasteiger partial charge is 0.152 e. The van der Waals surface area contributed by atoms with E-state index in [1.54, 1.807) is 6.08 Å². The predicted molar refractivity (Wildman–Crippen MR) is 61.7 cm³/mol. The van der Waals surface area contributed by atoms with Gasteiger partial charge in [0.1, 0.15) is 12.0 Å². The minimum absolute atomic E-state index is 0.000196. The number of carbonyl (C=O) groups is 1. The highest BCUT2D eigenvalue weighted by molar-refractivity contribution is 5.92. The molecular formula is C13H11NO2. The molecule has 0 N–H and O–H groups in total. The van der Waals surface area contributed by atoms with E-state index in [0.29, 0.717) is 0 Å². The second-order valence-corrected chi connectivity index (χ2v) is 3.43. The Morgan fingerprint density at radius 1 is 1.31 bits per heavy atom. The zero-order valence-electron chi connectivity index (χ0n) is 8.88. The average Bonchev–Trinajstić information content (AvgIpc) is 2.75. The highest BCUT2D eigenvalue weighted by atomic mass is 16.5. The van der Waals surface area contributed by atoms with Gasteiger partial charge in [0.05, 0.1) is 0 Å². The molecule has 0 radical (unpaired) electrons. The maximum Gasteiger partial charge on any atom is 0.152 e. The molecule has 0 atom stereocenters. The van der Waals surface area contributed by atoms with E-state index >= 15 is 0 Å². The van der Waals surface area contributed by atoms with Crippen LogP contribution in [0, 0.1) is 0 Å². The fraction of sp³-hybridized carbons (Fsp3) is 0.0769. The number of hydrogen-bond acceptors (Lipinski definition) is 3. The standard InChI is InChI=1S/C13H11NO2/c1-10(15)7-8-12-9-16-14-13(12)11-5-3-2-4-6-11/h2-9H,1H3/b8-7+. The zero-order valence-corrected chi connectivity index (χ0v) is 8.88. The minimum atomic E-state index is 0.000196. The van der Waals surface area contributed by atoms with Gasteiger partial charge in [-0.2, -0.15) is 0 Å². The van der Waals surface area contributed by atoms with Crippen LogP contribution in [0.4, 0.5) is 0 Å². The van der Waals surface area contributed by atoms with Crippen molar-refractivity contribution in [1.82, 2.24) is 5.16 Å². The maximum atomic E-state index is 10.8. The molecule has 0 aliphatic rings. The van der Waals surface area contributed by atoms with Crippen molar-refractivity contribution >= 4 is 11.9 Å². The summed E-state index contributed by atoms with van der Waals surface area (Å²) in [6, 6.07) is 9.70. The third kappa shape index (κ3) is 2.25. The molecule has 0 aliphatic carbocycles. The van der Waals surface area contributed by atoms with Crippen LogP contribution in [0.2, 0.25) is 0 Å². The molecule has 16 heavy (non-hydrogen) atoms. The lowest BCUT2D eigenvalue weighted by Crippen LogP contribution is -1.82. The fourth-order valence-corrected chi connectivity index (χ4v) is 1.39. The van der Waals surface area contributed by atoms with E-state index in [9.17, 15) is 4.79 Å². The van der Waals surface area contributed by atoms with Gasteiger partial charge in [0.15, 0.2) is 5.78 Å². The molecule has 0 saturated heterocycles. The molecule has 0 aliphatic heterocycles. The molecule has 0 amide bonds. The zero-order chi connectivity index (χ0) is 11.4. The van der Waals surface area contributed by atoms with Crippen LogP contribution in [0.25, 0.3) is 17.3 Å². The first-order chi connectivity index (χ1) is 7.77. The Labute approximate surface area is 93.4 Å². The minimum Gasteiger partial charge on any atom is -0.363 e. The molecule has 0 fully saturated rings. The second-order valence-electron chi connectivity index (χ2n) is 3.43. The van der Waals surface area contributed by atoms with Crippen molar-refractivity contribution in [1.29, 1.82) is 0 Å². The predicted octanol–water partition coefficient (Wildman–Crippen LogP) is 2.94. The number of rotatable bonds is 3. The molecule has 1 heterocycles. The number of carbonyl (C=O) groups excluding carboxylic acids is 1. The van der Waals surface area contributed by atoms with E-state index < -0.39 is 0 Å². The first-order valence-electron chi connectivity index (χ1n) is 4.96. The van der Waals surface area contributed by atoms with Crippen LogP contribution in [0.5, 0.6) is 0 Å². The fourth-order valence-electron chi connectivity index (χ4n) is 1.39. The first-order valence-corrected chi connectivity index (χ1v) is 4.96.